The van der Waals surface area contributed by atoms with Gasteiger partial charge in [0, 0.05) is 5.92 Å². The van der Waals surface area contributed by atoms with Crippen LogP contribution in [-0.2, 0) is 0 Å². The molecule has 1 aliphatic rings. The third-order valence-electron chi connectivity index (χ3n) is 4.04. The smallest absolute Gasteiger partial charge is 0.151 e. The number of halogens is 1. The molecular weight excluding hydrogens is 338 g/mol. The highest BCUT2D eigenvalue weighted by molar-refractivity contribution is 9.10. The summed E-state index contributed by atoms with van der Waals surface area (Å²) in [6.45, 7) is 0. The Morgan fingerprint density at radius 1 is 0.864 bits per heavy atom. The van der Waals surface area contributed by atoms with Crippen LogP contribution in [0.5, 0.6) is 0 Å². The van der Waals surface area contributed by atoms with Gasteiger partial charge in [-0.15, -0.1) is 5.10 Å². The SMILES string of the molecule is Brc1nn(C(c2ccccc2)c2ccccc2)nc1C1CC1. The Balaban J connectivity index is 1.82. The minimum Gasteiger partial charge on any atom is -0.171 e. The third kappa shape index (κ3) is 2.59. The topological polar surface area (TPSA) is 30.7 Å². The van der Waals surface area contributed by atoms with Gasteiger partial charge in [-0.1, -0.05) is 60.7 Å². The molecule has 0 atom stereocenters. The molecule has 3 nitrogen and oxygen atoms in total. The van der Waals surface area contributed by atoms with Gasteiger partial charge >= 0.3 is 0 Å². The first-order valence-electron chi connectivity index (χ1n) is 7.55. The summed E-state index contributed by atoms with van der Waals surface area (Å²) in [5, 5.41) is 9.43. The Labute approximate surface area is 138 Å². The quantitative estimate of drug-likeness (QED) is 0.688. The van der Waals surface area contributed by atoms with Crippen LogP contribution in [0, 0.1) is 0 Å². The van der Waals surface area contributed by atoms with E-state index in [1.54, 1.807) is 0 Å². The molecule has 4 heteroatoms. The van der Waals surface area contributed by atoms with Crippen molar-refractivity contribution < 1.29 is 0 Å². The average molecular weight is 354 g/mol. The third-order valence-corrected chi connectivity index (χ3v) is 4.60. The second-order valence-corrected chi connectivity index (χ2v) is 6.45. The molecule has 3 aromatic rings. The first-order valence-corrected chi connectivity index (χ1v) is 8.34. The lowest BCUT2D eigenvalue weighted by molar-refractivity contribution is 0.513. The predicted octanol–water partition coefficient (Wildman–Crippen LogP) is 4.56. The molecular formula is C18H16BrN3. The van der Waals surface area contributed by atoms with Crippen molar-refractivity contribution in [2.24, 2.45) is 0 Å². The number of benzene rings is 2. The Morgan fingerprint density at radius 2 is 1.41 bits per heavy atom. The maximum absolute atomic E-state index is 4.78. The highest BCUT2D eigenvalue weighted by Gasteiger charge is 2.31. The fourth-order valence-corrected chi connectivity index (χ4v) is 3.33. The molecule has 0 spiro atoms. The summed E-state index contributed by atoms with van der Waals surface area (Å²) in [5.74, 6) is 0.579. The molecule has 1 fully saturated rings. The maximum Gasteiger partial charge on any atom is 0.151 e. The number of aromatic nitrogens is 3. The molecule has 0 radical (unpaired) electrons. The van der Waals surface area contributed by atoms with Gasteiger partial charge in [-0.25, -0.2) is 0 Å². The highest BCUT2D eigenvalue weighted by Crippen LogP contribution is 2.42. The minimum absolute atomic E-state index is 0.00574. The van der Waals surface area contributed by atoms with Crippen LogP contribution in [0.25, 0.3) is 0 Å². The van der Waals surface area contributed by atoms with Crippen LogP contribution in [0.3, 0.4) is 0 Å². The summed E-state index contributed by atoms with van der Waals surface area (Å²) < 4.78 is 0.881. The highest BCUT2D eigenvalue weighted by atomic mass is 79.9. The van der Waals surface area contributed by atoms with E-state index in [0.717, 1.165) is 10.3 Å². The number of rotatable bonds is 4. The van der Waals surface area contributed by atoms with Gasteiger partial charge in [-0.3, -0.25) is 0 Å². The molecule has 0 N–H and O–H groups in total. The average Bonchev–Trinajstić information content (AvgIpc) is 3.33. The molecule has 0 amide bonds. The van der Waals surface area contributed by atoms with Gasteiger partial charge < -0.3 is 0 Å². The lowest BCUT2D eigenvalue weighted by atomic mass is 9.99. The largest absolute Gasteiger partial charge is 0.171 e. The van der Waals surface area contributed by atoms with E-state index in [9.17, 15) is 0 Å². The molecule has 0 unspecified atom stereocenters. The molecule has 4 rings (SSSR count). The standard InChI is InChI=1S/C18H16BrN3/c19-18-16(13-11-12-13)20-22(21-18)17(14-7-3-1-4-8-14)15-9-5-2-6-10-15/h1-10,13,17H,11-12H2. The van der Waals surface area contributed by atoms with Crippen LogP contribution >= 0.6 is 15.9 Å². The minimum atomic E-state index is 0.00574. The predicted molar refractivity (Wildman–Crippen MR) is 89.8 cm³/mol. The van der Waals surface area contributed by atoms with Crippen molar-refractivity contribution >= 4 is 15.9 Å². The molecule has 22 heavy (non-hydrogen) atoms. The molecule has 0 saturated heterocycles. The van der Waals surface area contributed by atoms with E-state index in [4.69, 9.17) is 5.10 Å². The lowest BCUT2D eigenvalue weighted by Gasteiger charge is -2.17. The zero-order valence-electron chi connectivity index (χ0n) is 12.1. The van der Waals surface area contributed by atoms with E-state index in [1.807, 2.05) is 16.9 Å². The molecule has 1 heterocycles. The second kappa shape index (κ2) is 5.69. The molecule has 1 aliphatic carbocycles. The first kappa shape index (κ1) is 13.7. The van der Waals surface area contributed by atoms with Crippen molar-refractivity contribution in [2.75, 3.05) is 0 Å². The van der Waals surface area contributed by atoms with Crippen molar-refractivity contribution in [1.82, 2.24) is 15.0 Å². The van der Waals surface area contributed by atoms with E-state index in [-0.39, 0.29) is 6.04 Å². The van der Waals surface area contributed by atoms with Crippen molar-refractivity contribution in [1.29, 1.82) is 0 Å². The van der Waals surface area contributed by atoms with E-state index in [0.29, 0.717) is 5.92 Å². The summed E-state index contributed by atoms with van der Waals surface area (Å²) in [6, 6.07) is 20.8. The molecule has 1 saturated carbocycles. The fourth-order valence-electron chi connectivity index (χ4n) is 2.77. The van der Waals surface area contributed by atoms with Gasteiger partial charge in [0.1, 0.15) is 11.7 Å². The summed E-state index contributed by atoms with van der Waals surface area (Å²) in [7, 11) is 0. The van der Waals surface area contributed by atoms with Crippen molar-refractivity contribution in [3.63, 3.8) is 0 Å². The Bertz CT molecular complexity index is 724. The molecule has 2 aromatic carbocycles. The zero-order chi connectivity index (χ0) is 14.9. The van der Waals surface area contributed by atoms with E-state index in [2.05, 4.69) is 69.6 Å². The second-order valence-electron chi connectivity index (χ2n) is 5.69. The van der Waals surface area contributed by atoms with Gasteiger partial charge in [0.05, 0.1) is 0 Å². The Kier molecular flexibility index (Phi) is 3.54. The van der Waals surface area contributed by atoms with Crippen LogP contribution < -0.4 is 0 Å². The summed E-state index contributed by atoms with van der Waals surface area (Å²) in [6.07, 6.45) is 2.44. The Morgan fingerprint density at radius 3 is 1.91 bits per heavy atom. The number of nitrogens with zero attached hydrogens (tertiary/aromatic N) is 3. The summed E-state index contributed by atoms with van der Waals surface area (Å²) >= 11 is 3.58. The van der Waals surface area contributed by atoms with Crippen LogP contribution in [0.15, 0.2) is 65.3 Å². The monoisotopic (exact) mass is 353 g/mol. The van der Waals surface area contributed by atoms with Crippen molar-refractivity contribution in [2.45, 2.75) is 24.8 Å². The normalized spacial score (nSPS) is 14.5. The van der Waals surface area contributed by atoms with Crippen molar-refractivity contribution in [3.05, 3.63) is 82.1 Å². The van der Waals surface area contributed by atoms with Gasteiger partial charge in [0.15, 0.2) is 4.60 Å². The molecule has 1 aromatic heterocycles. The van der Waals surface area contributed by atoms with Crippen LogP contribution in [-0.4, -0.2) is 15.0 Å². The van der Waals surface area contributed by atoms with E-state index in [1.165, 1.54) is 24.0 Å². The van der Waals surface area contributed by atoms with E-state index >= 15 is 0 Å². The van der Waals surface area contributed by atoms with Gasteiger partial charge in [0.25, 0.3) is 0 Å². The first-order chi connectivity index (χ1) is 10.8. The fraction of sp³-hybridized carbons (Fsp3) is 0.222. The van der Waals surface area contributed by atoms with Crippen LogP contribution in [0.1, 0.15) is 41.6 Å². The van der Waals surface area contributed by atoms with Gasteiger partial charge in [-0.05, 0) is 39.9 Å². The van der Waals surface area contributed by atoms with Gasteiger partial charge in [0.2, 0.25) is 0 Å². The maximum atomic E-state index is 4.78. The summed E-state index contributed by atoms with van der Waals surface area (Å²) in [5.41, 5.74) is 3.48. The van der Waals surface area contributed by atoms with E-state index < -0.39 is 0 Å². The van der Waals surface area contributed by atoms with Crippen molar-refractivity contribution in [3.8, 4) is 0 Å². The lowest BCUT2D eigenvalue weighted by Crippen LogP contribution is -2.15. The molecule has 0 bridgehead atoms. The molecule has 0 aliphatic heterocycles. The summed E-state index contributed by atoms with van der Waals surface area (Å²) in [4.78, 5) is 1.85. The zero-order valence-corrected chi connectivity index (χ0v) is 13.6. The Hall–Kier alpha value is -1.94. The van der Waals surface area contributed by atoms with Crippen LogP contribution in [0.2, 0.25) is 0 Å². The number of hydrogen-bond donors (Lipinski definition) is 0. The molecule has 110 valence electrons. The van der Waals surface area contributed by atoms with Crippen LogP contribution in [0.4, 0.5) is 0 Å². The van der Waals surface area contributed by atoms with Gasteiger partial charge in [-0.2, -0.15) is 9.90 Å². The number of hydrogen-bond acceptors (Lipinski definition) is 2.